The molecule has 0 amide bonds. The van der Waals surface area contributed by atoms with Crippen LogP contribution in [0.25, 0.3) is 0 Å². The molecule has 0 aliphatic rings. The normalized spacial score (nSPS) is 9.43. The Morgan fingerprint density at radius 1 is 0.714 bits per heavy atom. The van der Waals surface area contributed by atoms with Crippen molar-refractivity contribution in [3.63, 3.8) is 0 Å². The van der Waals surface area contributed by atoms with E-state index >= 15 is 0 Å². The van der Waals surface area contributed by atoms with Crippen LogP contribution >= 0.6 is 0 Å². The Hall–Kier alpha value is -0.280. The molecule has 0 N–H and O–H groups in total. The molecule has 0 atom stereocenters. The van der Waals surface area contributed by atoms with E-state index in [2.05, 4.69) is 25.2 Å². The van der Waals surface area contributed by atoms with Crippen LogP contribution in [-0.2, 0) is 35.7 Å². The van der Waals surface area contributed by atoms with E-state index in [9.17, 15) is 0 Å². The predicted molar refractivity (Wildman–Crippen MR) is 6.80 cm³/mol. The molecule has 0 heterocycles. The second-order valence-corrected chi connectivity index (χ2v) is 0.340. The van der Waals surface area contributed by atoms with Gasteiger partial charge < -0.3 is 0 Å². The molecule has 0 aliphatic carbocycles. The van der Waals surface area contributed by atoms with E-state index in [0.717, 1.165) is 0 Å². The highest BCUT2D eigenvalue weighted by molar-refractivity contribution is 2.91. The highest BCUT2D eigenvalue weighted by atomic mass is 17.9. The van der Waals surface area contributed by atoms with Crippen LogP contribution in [0.1, 0.15) is 0 Å². The summed E-state index contributed by atoms with van der Waals surface area (Å²) in [5.41, 5.74) is 0. The van der Waals surface area contributed by atoms with E-state index in [1.54, 1.807) is 0 Å². The lowest BCUT2D eigenvalue weighted by Crippen LogP contribution is -1.92. The fraction of sp³-hybridized carbons (Fsp3) is 0. The van der Waals surface area contributed by atoms with Gasteiger partial charge in [0, 0.05) is 35.7 Å². The summed E-state index contributed by atoms with van der Waals surface area (Å²) in [6.45, 7) is 0. The first-order valence-corrected chi connectivity index (χ1v) is 1.00. The van der Waals surface area contributed by atoms with Gasteiger partial charge >= 0.3 is 0 Å². The van der Waals surface area contributed by atoms with Gasteiger partial charge in [-0.05, 0) is 0 Å². The van der Waals surface area contributed by atoms with Crippen molar-refractivity contribution < 1.29 is 35.7 Å². The van der Waals surface area contributed by atoms with Crippen molar-refractivity contribution in [2.75, 3.05) is 0 Å². The SMILES string of the molecule is [O]OOOOO[O]. The molecule has 0 unspecified atom stereocenters. The Morgan fingerprint density at radius 2 is 1.14 bits per heavy atom. The van der Waals surface area contributed by atoms with Gasteiger partial charge in [-0.2, -0.15) is 0 Å². The Balaban J connectivity index is 2.45. The zero-order chi connectivity index (χ0) is 5.54. The van der Waals surface area contributed by atoms with Crippen LogP contribution in [0.3, 0.4) is 0 Å². The number of hydrogen-bond donors (Lipinski definition) is 0. The van der Waals surface area contributed by atoms with Gasteiger partial charge in [0.25, 0.3) is 0 Å². The van der Waals surface area contributed by atoms with Crippen molar-refractivity contribution in [2.45, 2.75) is 0 Å². The van der Waals surface area contributed by atoms with Gasteiger partial charge in [0.05, 0.1) is 0 Å². The third kappa shape index (κ3) is 5.72. The van der Waals surface area contributed by atoms with Crippen LogP contribution < -0.4 is 0 Å². The minimum atomic E-state index is 2.53. The third-order valence-corrected chi connectivity index (χ3v) is 0.111. The van der Waals surface area contributed by atoms with E-state index in [4.69, 9.17) is 10.5 Å². The van der Waals surface area contributed by atoms with Gasteiger partial charge in [0.15, 0.2) is 0 Å². The van der Waals surface area contributed by atoms with E-state index < -0.39 is 0 Å². The molecular formula is O7. The quantitative estimate of drug-likeness (QED) is 0.276. The average Bonchev–Trinajstić information content (AvgIpc) is 1.69. The van der Waals surface area contributed by atoms with E-state index in [-0.39, 0.29) is 0 Å². The lowest BCUT2D eigenvalue weighted by Gasteiger charge is -1.85. The first kappa shape index (κ1) is 6.72. The minimum Gasteiger partial charge on any atom is 0 e. The molecule has 7 heavy (non-hydrogen) atoms. The zero-order valence-corrected chi connectivity index (χ0v) is 2.86. The molecule has 0 rings (SSSR count). The molecule has 0 aromatic rings. The average molecular weight is 112 g/mol. The Labute approximate surface area is 37.1 Å². The van der Waals surface area contributed by atoms with Gasteiger partial charge in [-0.3, -0.25) is 0 Å². The molecule has 7 heteroatoms. The Kier molecular flexibility index (Phi) is 5.49. The smallest absolute Gasteiger partial charge is 0 e. The molecule has 2 radical (unpaired) electrons. The lowest BCUT2D eigenvalue weighted by atomic mass is 14.2. The molecule has 0 saturated carbocycles. The topological polar surface area (TPSA) is 86.0 Å². The molecule has 42 valence electrons. The van der Waals surface area contributed by atoms with Crippen molar-refractivity contribution in [1.82, 2.24) is 0 Å². The highest BCUT2D eigenvalue weighted by Crippen LogP contribution is 1.78. The zero-order valence-electron chi connectivity index (χ0n) is 2.86. The minimum absolute atomic E-state index is 2.53. The van der Waals surface area contributed by atoms with Gasteiger partial charge in [-0.1, -0.05) is 0 Å². The van der Waals surface area contributed by atoms with E-state index in [1.165, 1.54) is 0 Å². The molecule has 0 aromatic heterocycles. The fourth-order valence-electron chi connectivity index (χ4n) is 0.0340. The van der Waals surface area contributed by atoms with Crippen LogP contribution in [0.15, 0.2) is 0 Å². The predicted octanol–water partition coefficient (Wildman–Crippen LogP) is -0.580. The van der Waals surface area contributed by atoms with Crippen molar-refractivity contribution in [3.8, 4) is 0 Å². The highest BCUT2D eigenvalue weighted by Gasteiger charge is 1.85. The van der Waals surface area contributed by atoms with Gasteiger partial charge in [-0.25, -0.2) is 0 Å². The summed E-state index contributed by atoms with van der Waals surface area (Å²) in [7, 11) is 0. The molecule has 7 nitrogen and oxygen atoms in total. The summed E-state index contributed by atoms with van der Waals surface area (Å²) in [4.78, 5) is 0. The third-order valence-electron chi connectivity index (χ3n) is 0.111. The molecule has 0 saturated heterocycles. The summed E-state index contributed by atoms with van der Waals surface area (Å²) < 4.78 is 0. The maximum absolute atomic E-state index is 8.72. The molecular weight excluding hydrogens is 112 g/mol. The van der Waals surface area contributed by atoms with Crippen LogP contribution in [0.4, 0.5) is 0 Å². The summed E-state index contributed by atoms with van der Waals surface area (Å²) in [5, 5.41) is 31.5. The first-order valence-electron chi connectivity index (χ1n) is 1.00. The largest absolute Gasteiger partial charge is 0 e. The molecule has 0 aliphatic heterocycles. The van der Waals surface area contributed by atoms with Crippen molar-refractivity contribution in [3.05, 3.63) is 0 Å². The monoisotopic (exact) mass is 112 g/mol. The molecule has 0 spiro atoms. The summed E-state index contributed by atoms with van der Waals surface area (Å²) in [6.07, 6.45) is 0. The maximum Gasteiger partial charge on any atom is 0 e. The second-order valence-electron chi connectivity index (χ2n) is 0.340. The Morgan fingerprint density at radius 3 is 1.43 bits per heavy atom. The van der Waals surface area contributed by atoms with E-state index in [0.29, 0.717) is 0 Å². The first-order chi connectivity index (χ1) is 3.41. The van der Waals surface area contributed by atoms with E-state index in [1.807, 2.05) is 0 Å². The second kappa shape index (κ2) is 5.72. The van der Waals surface area contributed by atoms with Crippen LogP contribution in [-0.4, -0.2) is 0 Å². The molecule has 0 fully saturated rings. The summed E-state index contributed by atoms with van der Waals surface area (Å²) >= 11 is 0. The van der Waals surface area contributed by atoms with Crippen LogP contribution in [0.2, 0.25) is 0 Å². The van der Waals surface area contributed by atoms with Gasteiger partial charge in [0.2, 0.25) is 0 Å². The lowest BCUT2D eigenvalue weighted by molar-refractivity contribution is -0.799. The number of rotatable bonds is 4. The fourth-order valence-corrected chi connectivity index (χ4v) is 0.0340. The maximum atomic E-state index is 8.72. The summed E-state index contributed by atoms with van der Waals surface area (Å²) in [5.74, 6) is 0. The Bertz CT molecular complexity index is 19.2. The van der Waals surface area contributed by atoms with Crippen LogP contribution in [0, 0.1) is 0 Å². The van der Waals surface area contributed by atoms with Crippen molar-refractivity contribution >= 4 is 0 Å². The molecule has 0 bridgehead atoms. The van der Waals surface area contributed by atoms with Crippen molar-refractivity contribution in [1.29, 1.82) is 0 Å². The van der Waals surface area contributed by atoms with Crippen molar-refractivity contribution in [2.24, 2.45) is 0 Å². The molecule has 0 aromatic carbocycles. The van der Waals surface area contributed by atoms with Crippen LogP contribution in [0.5, 0.6) is 0 Å². The summed E-state index contributed by atoms with van der Waals surface area (Å²) in [6, 6.07) is 0. The standard InChI is InChI=1S/O7/c1-3-5-7-6-4-2. The van der Waals surface area contributed by atoms with Gasteiger partial charge in [0.1, 0.15) is 0 Å². The number of hydrogen-bond acceptors (Lipinski definition) is 5. The van der Waals surface area contributed by atoms with Gasteiger partial charge in [-0.15, -0.1) is 0 Å².